The first-order valence-electron chi connectivity index (χ1n) is 11.7. The number of methoxy groups -OCH3 is 2. The molecule has 1 N–H and O–H groups in total. The Kier molecular flexibility index (Phi) is 8.26. The quantitative estimate of drug-likeness (QED) is 0.430. The van der Waals surface area contributed by atoms with Gasteiger partial charge in [0.1, 0.15) is 11.5 Å². The molecule has 0 radical (unpaired) electrons. The Morgan fingerprint density at radius 1 is 1.12 bits per heavy atom. The second-order valence-electron chi connectivity index (χ2n) is 8.37. The van der Waals surface area contributed by atoms with Crippen LogP contribution in [0.4, 0.5) is 5.69 Å². The molecule has 0 saturated carbocycles. The lowest BCUT2D eigenvalue weighted by Gasteiger charge is -2.32. The molecule has 1 aromatic heterocycles. The largest absolute Gasteiger partial charge is 0.497 e. The molecule has 3 aromatic rings. The third kappa shape index (κ3) is 5.81. The Morgan fingerprint density at radius 2 is 1.91 bits per heavy atom. The van der Waals surface area contributed by atoms with E-state index in [1.54, 1.807) is 14.2 Å². The molecule has 0 bridgehead atoms. The molecule has 34 heavy (non-hydrogen) atoms. The molecule has 7 nitrogen and oxygen atoms in total. The summed E-state index contributed by atoms with van der Waals surface area (Å²) in [5.41, 5.74) is 1.65. The van der Waals surface area contributed by atoms with Gasteiger partial charge in [-0.25, -0.2) is 0 Å². The second-order valence-corrected chi connectivity index (χ2v) is 8.75. The summed E-state index contributed by atoms with van der Waals surface area (Å²) in [6.07, 6.45) is 0.980. The lowest BCUT2D eigenvalue weighted by Crippen LogP contribution is -2.41. The Bertz CT molecular complexity index is 1100. The van der Waals surface area contributed by atoms with Crippen molar-refractivity contribution in [2.45, 2.75) is 19.4 Å². The van der Waals surface area contributed by atoms with Crippen LogP contribution in [0, 0.1) is 0 Å². The first kappa shape index (κ1) is 24.3. The van der Waals surface area contributed by atoms with Crippen molar-refractivity contribution in [3.63, 3.8) is 0 Å². The summed E-state index contributed by atoms with van der Waals surface area (Å²) < 4.78 is 22.6. The average Bonchev–Trinajstić information content (AvgIpc) is 3.31. The number of para-hydroxylation sites is 1. The summed E-state index contributed by atoms with van der Waals surface area (Å²) in [5.74, 6) is 2.36. The van der Waals surface area contributed by atoms with Crippen LogP contribution in [0.25, 0.3) is 11.0 Å². The van der Waals surface area contributed by atoms with Gasteiger partial charge in [0.25, 0.3) is 0 Å². The van der Waals surface area contributed by atoms with Crippen LogP contribution in [0.3, 0.4) is 0 Å². The smallest absolute Gasteiger partial charge is 0.176 e. The molecular formula is C26H33N3O4S. The lowest BCUT2D eigenvalue weighted by molar-refractivity contribution is 0.0365. The van der Waals surface area contributed by atoms with E-state index in [1.807, 2.05) is 42.5 Å². The number of nitrogens with zero attached hydrogens (tertiary/aromatic N) is 2. The van der Waals surface area contributed by atoms with Gasteiger partial charge >= 0.3 is 0 Å². The van der Waals surface area contributed by atoms with Gasteiger partial charge in [0.15, 0.2) is 16.4 Å². The molecule has 182 valence electrons. The first-order valence-corrected chi connectivity index (χ1v) is 12.1. The zero-order valence-electron chi connectivity index (χ0n) is 20.1. The zero-order chi connectivity index (χ0) is 23.9. The minimum Gasteiger partial charge on any atom is -0.497 e. The molecule has 8 heteroatoms. The zero-order valence-corrected chi connectivity index (χ0v) is 20.9. The van der Waals surface area contributed by atoms with E-state index in [2.05, 4.69) is 28.1 Å². The summed E-state index contributed by atoms with van der Waals surface area (Å²) in [5, 5.41) is 5.05. The number of anilines is 1. The van der Waals surface area contributed by atoms with Gasteiger partial charge in [0, 0.05) is 43.3 Å². The normalized spacial score (nSPS) is 15.1. The fourth-order valence-corrected chi connectivity index (χ4v) is 4.60. The molecule has 0 spiro atoms. The number of rotatable bonds is 9. The van der Waals surface area contributed by atoms with Crippen molar-refractivity contribution in [2.24, 2.45) is 0 Å². The molecule has 1 saturated heterocycles. The third-order valence-corrected chi connectivity index (χ3v) is 6.52. The van der Waals surface area contributed by atoms with E-state index in [9.17, 15) is 0 Å². The topological polar surface area (TPSA) is 59.3 Å². The fourth-order valence-electron chi connectivity index (χ4n) is 4.23. The van der Waals surface area contributed by atoms with Gasteiger partial charge in [0.05, 0.1) is 33.5 Å². The first-order chi connectivity index (χ1) is 16.6. The van der Waals surface area contributed by atoms with Crippen LogP contribution in [-0.2, 0) is 4.74 Å². The Balaban J connectivity index is 1.53. The highest BCUT2D eigenvalue weighted by Gasteiger charge is 2.23. The van der Waals surface area contributed by atoms with Crippen molar-refractivity contribution in [1.82, 2.24) is 9.80 Å². The van der Waals surface area contributed by atoms with Crippen LogP contribution in [0.1, 0.15) is 25.1 Å². The Labute approximate surface area is 206 Å². The van der Waals surface area contributed by atoms with Gasteiger partial charge in [0.2, 0.25) is 0 Å². The highest BCUT2D eigenvalue weighted by molar-refractivity contribution is 7.80. The highest BCUT2D eigenvalue weighted by atomic mass is 32.1. The summed E-state index contributed by atoms with van der Waals surface area (Å²) in [4.78, 5) is 4.64. The summed E-state index contributed by atoms with van der Waals surface area (Å²) in [7, 11) is 3.32. The second kappa shape index (κ2) is 11.6. The van der Waals surface area contributed by atoms with E-state index in [0.29, 0.717) is 5.11 Å². The van der Waals surface area contributed by atoms with E-state index in [4.69, 9.17) is 30.8 Å². The number of hydrogen-bond acceptors (Lipinski definition) is 6. The predicted molar refractivity (Wildman–Crippen MR) is 139 cm³/mol. The van der Waals surface area contributed by atoms with Crippen molar-refractivity contribution < 1.29 is 18.6 Å². The molecule has 1 aliphatic heterocycles. The number of fused-ring (bicyclic) bond motifs is 1. The maximum Gasteiger partial charge on any atom is 0.176 e. The van der Waals surface area contributed by atoms with Crippen LogP contribution in [-0.4, -0.2) is 68.5 Å². The van der Waals surface area contributed by atoms with Gasteiger partial charge in [-0.2, -0.15) is 0 Å². The standard InChI is InChI=1S/C26H33N3O4S/c1-19(24-17-20-7-4-10-23(31-3)25(20)33-24)29(12-6-11-28-13-15-32-16-14-28)26(34)27-21-8-5-9-22(18-21)30-2/h4-5,7-10,17-19H,6,11-16H2,1-3H3,(H,27,34). The van der Waals surface area contributed by atoms with Gasteiger partial charge < -0.3 is 28.8 Å². The predicted octanol–water partition coefficient (Wildman–Crippen LogP) is 4.93. The molecule has 1 atom stereocenters. The molecule has 1 fully saturated rings. The number of hydrogen-bond donors (Lipinski definition) is 1. The van der Waals surface area contributed by atoms with Gasteiger partial charge in [-0.3, -0.25) is 4.90 Å². The van der Waals surface area contributed by atoms with Gasteiger partial charge in [-0.1, -0.05) is 18.2 Å². The Morgan fingerprint density at radius 3 is 2.68 bits per heavy atom. The van der Waals surface area contributed by atoms with E-state index < -0.39 is 0 Å². The van der Waals surface area contributed by atoms with Crippen LogP contribution in [0.2, 0.25) is 0 Å². The average molecular weight is 484 g/mol. The van der Waals surface area contributed by atoms with Crippen molar-refractivity contribution in [3.05, 3.63) is 54.3 Å². The molecule has 0 amide bonds. The summed E-state index contributed by atoms with van der Waals surface area (Å²) in [6.45, 7) is 7.48. The maximum atomic E-state index is 6.26. The maximum absolute atomic E-state index is 6.26. The number of morpholine rings is 1. The molecule has 2 aromatic carbocycles. The molecule has 1 unspecified atom stereocenters. The minimum absolute atomic E-state index is 0.0626. The van der Waals surface area contributed by atoms with Crippen molar-refractivity contribution in [3.8, 4) is 11.5 Å². The molecular weight excluding hydrogens is 450 g/mol. The highest BCUT2D eigenvalue weighted by Crippen LogP contribution is 2.33. The van der Waals surface area contributed by atoms with Crippen LogP contribution >= 0.6 is 12.2 Å². The summed E-state index contributed by atoms with van der Waals surface area (Å²) in [6, 6.07) is 15.7. The summed E-state index contributed by atoms with van der Waals surface area (Å²) >= 11 is 5.89. The minimum atomic E-state index is -0.0626. The van der Waals surface area contributed by atoms with Crippen LogP contribution in [0.15, 0.2) is 52.9 Å². The van der Waals surface area contributed by atoms with Crippen molar-refractivity contribution in [1.29, 1.82) is 0 Å². The van der Waals surface area contributed by atoms with Crippen LogP contribution < -0.4 is 14.8 Å². The van der Waals surface area contributed by atoms with Gasteiger partial charge in [-0.15, -0.1) is 0 Å². The van der Waals surface area contributed by atoms with Crippen molar-refractivity contribution >= 4 is 34.0 Å². The monoisotopic (exact) mass is 483 g/mol. The lowest BCUT2D eigenvalue weighted by atomic mass is 10.2. The van der Waals surface area contributed by atoms with E-state index in [-0.39, 0.29) is 6.04 Å². The number of thiocarbonyl (C=S) groups is 1. The van der Waals surface area contributed by atoms with Crippen molar-refractivity contribution in [2.75, 3.05) is 58.9 Å². The Hall–Kier alpha value is -2.81. The fraction of sp³-hybridized carbons (Fsp3) is 0.423. The molecule has 1 aliphatic rings. The van der Waals surface area contributed by atoms with E-state index in [0.717, 1.165) is 79.7 Å². The van der Waals surface area contributed by atoms with E-state index >= 15 is 0 Å². The van der Waals surface area contributed by atoms with Crippen LogP contribution in [0.5, 0.6) is 11.5 Å². The third-order valence-electron chi connectivity index (χ3n) is 6.19. The van der Waals surface area contributed by atoms with Gasteiger partial charge in [-0.05, 0) is 49.8 Å². The number of benzene rings is 2. The SMILES string of the molecule is COc1cccc(NC(=S)N(CCCN2CCOCC2)C(C)c2cc3cccc(OC)c3o2)c1. The number of ether oxygens (including phenoxy) is 3. The van der Waals surface area contributed by atoms with E-state index in [1.165, 1.54) is 0 Å². The molecule has 0 aliphatic carbocycles. The number of nitrogens with one attached hydrogen (secondary N) is 1. The molecule has 4 rings (SSSR count). The molecule has 2 heterocycles. The number of furan rings is 1.